The molecule has 5 nitrogen and oxygen atoms in total. The number of carbonyl (C=O) groups excluding carboxylic acids is 1. The fourth-order valence-corrected chi connectivity index (χ4v) is 3.19. The molecule has 1 fully saturated rings. The first-order valence-corrected chi connectivity index (χ1v) is 8.91. The lowest BCUT2D eigenvalue weighted by atomic mass is 9.99. The van der Waals surface area contributed by atoms with Crippen LogP contribution in [0.2, 0.25) is 0 Å². The van der Waals surface area contributed by atoms with Crippen LogP contribution in [0.25, 0.3) is 0 Å². The van der Waals surface area contributed by atoms with E-state index in [1.807, 2.05) is 36.5 Å². The predicted molar refractivity (Wildman–Crippen MR) is 100 cm³/mol. The van der Waals surface area contributed by atoms with Gasteiger partial charge in [-0.3, -0.25) is 10.1 Å². The number of hydrogen-bond donors (Lipinski definition) is 2. The first-order valence-electron chi connectivity index (χ1n) is 8.91. The maximum Gasteiger partial charge on any atom is 0.239 e. The quantitative estimate of drug-likeness (QED) is 0.849. The zero-order valence-corrected chi connectivity index (χ0v) is 14.7. The number of amides is 1. The summed E-state index contributed by atoms with van der Waals surface area (Å²) in [5.74, 6) is 1.46. The molecule has 0 unspecified atom stereocenters. The van der Waals surface area contributed by atoms with Crippen LogP contribution in [0.4, 0.5) is 5.82 Å². The largest absolute Gasteiger partial charge is 0.368 e. The van der Waals surface area contributed by atoms with Crippen LogP contribution in [0, 0.1) is 5.92 Å². The van der Waals surface area contributed by atoms with Crippen molar-refractivity contribution in [2.75, 3.05) is 18.0 Å². The monoisotopic (exact) mass is 338 g/mol. The molecule has 0 spiro atoms. The lowest BCUT2D eigenvalue weighted by Gasteiger charge is -2.31. The third kappa shape index (κ3) is 4.57. The van der Waals surface area contributed by atoms with Gasteiger partial charge in [0.05, 0.1) is 0 Å². The fourth-order valence-electron chi connectivity index (χ4n) is 3.19. The van der Waals surface area contributed by atoms with Crippen molar-refractivity contribution in [1.82, 2.24) is 10.3 Å². The van der Waals surface area contributed by atoms with Crippen LogP contribution >= 0.6 is 0 Å². The highest BCUT2D eigenvalue weighted by atomic mass is 16.1. The minimum Gasteiger partial charge on any atom is -0.368 e. The molecular weight excluding hydrogens is 312 g/mol. The zero-order chi connectivity index (χ0) is 17.6. The Kier molecular flexibility index (Phi) is 5.66. The number of benzene rings is 1. The SMILES string of the molecule is CC1CCN(c2ccc(CN[C@H](C(N)=O)c3ccccc3)cn2)CC1. The van der Waals surface area contributed by atoms with Gasteiger partial charge in [0, 0.05) is 25.8 Å². The maximum absolute atomic E-state index is 11.7. The standard InChI is InChI=1S/C20H26N4O/c1-15-9-11-24(12-10-15)18-8-7-16(13-22-18)14-23-19(20(21)25)17-5-3-2-4-6-17/h2-8,13,15,19,23H,9-12,14H2,1H3,(H2,21,25)/t19-/m0/s1. The second-order valence-electron chi connectivity index (χ2n) is 6.82. The number of hydrogen-bond acceptors (Lipinski definition) is 4. The lowest BCUT2D eigenvalue weighted by Crippen LogP contribution is -2.34. The van der Waals surface area contributed by atoms with Gasteiger partial charge in [0.15, 0.2) is 0 Å². The molecule has 0 saturated carbocycles. The lowest BCUT2D eigenvalue weighted by molar-refractivity contribution is -0.120. The Morgan fingerprint density at radius 1 is 1.24 bits per heavy atom. The zero-order valence-electron chi connectivity index (χ0n) is 14.7. The highest BCUT2D eigenvalue weighted by Crippen LogP contribution is 2.21. The summed E-state index contributed by atoms with van der Waals surface area (Å²) in [5.41, 5.74) is 7.46. The van der Waals surface area contributed by atoms with Crippen molar-refractivity contribution in [1.29, 1.82) is 0 Å². The number of anilines is 1. The molecule has 132 valence electrons. The van der Waals surface area contributed by atoms with E-state index in [-0.39, 0.29) is 5.91 Å². The number of carbonyl (C=O) groups is 1. The topological polar surface area (TPSA) is 71.2 Å². The number of nitrogens with one attached hydrogen (secondary N) is 1. The summed E-state index contributed by atoms with van der Waals surface area (Å²) >= 11 is 0. The Hall–Kier alpha value is -2.40. The molecule has 5 heteroatoms. The molecule has 1 aromatic carbocycles. The summed E-state index contributed by atoms with van der Waals surface area (Å²) in [6.45, 7) is 5.00. The molecule has 1 aliphatic heterocycles. The Bertz CT molecular complexity index is 679. The predicted octanol–water partition coefficient (Wildman–Crippen LogP) is 2.63. The number of aromatic nitrogens is 1. The Balaban J connectivity index is 1.60. The first kappa shape index (κ1) is 17.4. The second kappa shape index (κ2) is 8.12. The average molecular weight is 338 g/mol. The highest BCUT2D eigenvalue weighted by molar-refractivity contribution is 5.81. The van der Waals surface area contributed by atoms with E-state index in [1.165, 1.54) is 12.8 Å². The molecule has 1 aliphatic rings. The van der Waals surface area contributed by atoms with Crippen molar-refractivity contribution in [3.63, 3.8) is 0 Å². The van der Waals surface area contributed by atoms with E-state index in [4.69, 9.17) is 5.73 Å². The van der Waals surface area contributed by atoms with Gasteiger partial charge in [-0.25, -0.2) is 4.98 Å². The van der Waals surface area contributed by atoms with Crippen LogP contribution in [0.15, 0.2) is 48.7 Å². The van der Waals surface area contributed by atoms with Gasteiger partial charge in [-0.2, -0.15) is 0 Å². The molecule has 2 heterocycles. The minimum atomic E-state index is -0.496. The number of nitrogens with zero attached hydrogens (tertiary/aromatic N) is 2. The van der Waals surface area contributed by atoms with Crippen molar-refractivity contribution in [3.05, 3.63) is 59.8 Å². The van der Waals surface area contributed by atoms with Gasteiger partial charge in [-0.15, -0.1) is 0 Å². The van der Waals surface area contributed by atoms with E-state index in [0.29, 0.717) is 6.54 Å². The van der Waals surface area contributed by atoms with E-state index >= 15 is 0 Å². The Morgan fingerprint density at radius 2 is 1.96 bits per heavy atom. The van der Waals surface area contributed by atoms with E-state index in [1.54, 1.807) is 0 Å². The average Bonchev–Trinajstić information content (AvgIpc) is 2.64. The minimum absolute atomic E-state index is 0.377. The molecule has 3 N–H and O–H groups in total. The van der Waals surface area contributed by atoms with Gasteiger partial charge in [0.2, 0.25) is 5.91 Å². The van der Waals surface area contributed by atoms with Crippen LogP contribution in [0.1, 0.15) is 36.9 Å². The van der Waals surface area contributed by atoms with E-state index in [0.717, 1.165) is 36.0 Å². The van der Waals surface area contributed by atoms with Crippen LogP contribution in [0.3, 0.4) is 0 Å². The Morgan fingerprint density at radius 3 is 2.56 bits per heavy atom. The van der Waals surface area contributed by atoms with Crippen LogP contribution in [-0.2, 0) is 11.3 Å². The number of rotatable bonds is 6. The van der Waals surface area contributed by atoms with Gasteiger partial charge in [0.1, 0.15) is 11.9 Å². The molecule has 3 rings (SSSR count). The molecule has 0 aliphatic carbocycles. The second-order valence-corrected chi connectivity index (χ2v) is 6.82. The summed E-state index contributed by atoms with van der Waals surface area (Å²) < 4.78 is 0. The smallest absolute Gasteiger partial charge is 0.239 e. The summed E-state index contributed by atoms with van der Waals surface area (Å²) in [4.78, 5) is 18.7. The van der Waals surface area contributed by atoms with E-state index < -0.39 is 6.04 Å². The first-order chi connectivity index (χ1) is 12.1. The summed E-state index contributed by atoms with van der Waals surface area (Å²) in [6.07, 6.45) is 4.33. The maximum atomic E-state index is 11.7. The summed E-state index contributed by atoms with van der Waals surface area (Å²) in [7, 11) is 0. The van der Waals surface area contributed by atoms with Crippen molar-refractivity contribution < 1.29 is 4.79 Å². The van der Waals surface area contributed by atoms with Gasteiger partial charge >= 0.3 is 0 Å². The Labute approximate surface area is 149 Å². The summed E-state index contributed by atoms with van der Waals surface area (Å²) in [6, 6.07) is 13.2. The van der Waals surface area contributed by atoms with Gasteiger partial charge in [-0.05, 0) is 36.0 Å². The van der Waals surface area contributed by atoms with Crippen molar-refractivity contribution in [2.45, 2.75) is 32.4 Å². The van der Waals surface area contributed by atoms with Crippen molar-refractivity contribution in [2.24, 2.45) is 11.7 Å². The van der Waals surface area contributed by atoms with Crippen LogP contribution in [-0.4, -0.2) is 24.0 Å². The summed E-state index contributed by atoms with van der Waals surface area (Å²) in [5, 5.41) is 3.23. The number of pyridine rings is 1. The van der Waals surface area contributed by atoms with Crippen molar-refractivity contribution >= 4 is 11.7 Å². The highest BCUT2D eigenvalue weighted by Gasteiger charge is 2.18. The molecule has 0 bridgehead atoms. The molecule has 1 atom stereocenters. The number of piperidine rings is 1. The molecule has 0 radical (unpaired) electrons. The van der Waals surface area contributed by atoms with Crippen LogP contribution < -0.4 is 16.0 Å². The molecule has 1 aromatic heterocycles. The van der Waals surface area contributed by atoms with Gasteiger partial charge in [-0.1, -0.05) is 43.3 Å². The molecule has 25 heavy (non-hydrogen) atoms. The molecule has 2 aromatic rings. The van der Waals surface area contributed by atoms with E-state index in [9.17, 15) is 4.79 Å². The fraction of sp³-hybridized carbons (Fsp3) is 0.400. The van der Waals surface area contributed by atoms with Crippen LogP contribution in [0.5, 0.6) is 0 Å². The van der Waals surface area contributed by atoms with E-state index in [2.05, 4.69) is 34.3 Å². The van der Waals surface area contributed by atoms with Gasteiger partial charge < -0.3 is 10.6 Å². The molecule has 1 amide bonds. The third-order valence-electron chi connectivity index (χ3n) is 4.84. The molecular formula is C20H26N4O. The van der Waals surface area contributed by atoms with Gasteiger partial charge in [0.25, 0.3) is 0 Å². The number of nitrogens with two attached hydrogens (primary N) is 1. The normalized spacial score (nSPS) is 16.6. The van der Waals surface area contributed by atoms with Crippen molar-refractivity contribution in [3.8, 4) is 0 Å². The molecule has 1 saturated heterocycles. The third-order valence-corrected chi connectivity index (χ3v) is 4.84. The number of primary amides is 1.